The van der Waals surface area contributed by atoms with Crippen LogP contribution in [0.2, 0.25) is 0 Å². The van der Waals surface area contributed by atoms with Gasteiger partial charge in [0.1, 0.15) is 5.70 Å². The number of nitrogens with zero attached hydrogens (tertiary/aromatic N) is 2. The van der Waals surface area contributed by atoms with Crippen LogP contribution in [0.4, 0.5) is 8.78 Å². The Labute approximate surface area is 210 Å². The van der Waals surface area contributed by atoms with Crippen LogP contribution in [0.5, 0.6) is 0 Å². The van der Waals surface area contributed by atoms with Gasteiger partial charge >= 0.3 is 12.4 Å². The minimum atomic E-state index is -3.22. The van der Waals surface area contributed by atoms with Crippen molar-refractivity contribution in [2.45, 2.75) is 50.1 Å². The minimum absolute atomic E-state index is 0.0708. The highest BCUT2D eigenvalue weighted by Crippen LogP contribution is 2.51. The Morgan fingerprint density at radius 3 is 2.44 bits per heavy atom. The lowest BCUT2D eigenvalue weighted by Crippen LogP contribution is -2.66. The number of carboxylic acid groups (broad SMARTS) is 1. The SMILES string of the molecule is C[C@@H](NC(=O)C(F)F)[C@H]1C(=O)N2C(C(=O)O)=C(S[C@@H]3CN[C@H](C(=O)N4CCS(=O)(=O)CC4)C3)[C@H](C)[C@H]12. The van der Waals surface area contributed by atoms with E-state index in [-0.39, 0.29) is 41.4 Å². The largest absolute Gasteiger partial charge is 0.477 e. The predicted molar refractivity (Wildman–Crippen MR) is 125 cm³/mol. The number of aliphatic carboxylic acids is 1. The molecule has 3 N–H and O–H groups in total. The van der Waals surface area contributed by atoms with E-state index < -0.39 is 64.0 Å². The van der Waals surface area contributed by atoms with Crippen molar-refractivity contribution in [3.8, 4) is 0 Å². The topological polar surface area (TPSA) is 153 Å². The van der Waals surface area contributed by atoms with Crippen LogP contribution in [0.15, 0.2) is 10.6 Å². The summed E-state index contributed by atoms with van der Waals surface area (Å²) in [6.07, 6.45) is -2.82. The molecule has 4 aliphatic rings. The maximum absolute atomic E-state index is 12.9. The van der Waals surface area contributed by atoms with Crippen molar-refractivity contribution in [3.63, 3.8) is 0 Å². The summed E-state index contributed by atoms with van der Waals surface area (Å²) >= 11 is 1.28. The molecule has 6 atom stereocenters. The second-order valence-electron chi connectivity index (χ2n) is 9.54. The third-order valence-electron chi connectivity index (χ3n) is 7.24. The number of β-lactam (4-membered cyclic amide) rings is 1. The lowest BCUT2D eigenvalue weighted by molar-refractivity contribution is -0.159. The summed E-state index contributed by atoms with van der Waals surface area (Å²) < 4.78 is 48.6. The van der Waals surface area contributed by atoms with Crippen LogP contribution in [0.3, 0.4) is 0 Å². The molecule has 200 valence electrons. The lowest BCUT2D eigenvalue weighted by Gasteiger charge is -2.47. The van der Waals surface area contributed by atoms with Crippen molar-refractivity contribution in [3.05, 3.63) is 10.6 Å². The summed E-state index contributed by atoms with van der Waals surface area (Å²) in [6, 6.07) is -2.00. The number of carbonyl (C=O) groups is 4. The maximum Gasteiger partial charge on any atom is 0.353 e. The number of thioether (sulfide) groups is 1. The Bertz CT molecular complexity index is 1100. The molecule has 0 bridgehead atoms. The van der Waals surface area contributed by atoms with E-state index in [0.29, 0.717) is 17.9 Å². The molecule has 0 unspecified atom stereocenters. The van der Waals surface area contributed by atoms with E-state index in [2.05, 4.69) is 10.6 Å². The molecule has 0 spiro atoms. The molecule has 3 amide bonds. The van der Waals surface area contributed by atoms with Gasteiger partial charge in [-0.3, -0.25) is 14.4 Å². The highest BCUT2D eigenvalue weighted by molar-refractivity contribution is 8.03. The fraction of sp³-hybridized carbons (Fsp3) is 0.714. The number of carboxylic acids is 1. The van der Waals surface area contributed by atoms with Crippen molar-refractivity contribution in [2.24, 2.45) is 11.8 Å². The Balaban J connectivity index is 1.42. The van der Waals surface area contributed by atoms with E-state index in [4.69, 9.17) is 0 Å². The summed E-state index contributed by atoms with van der Waals surface area (Å²) in [5, 5.41) is 15.0. The van der Waals surface area contributed by atoms with E-state index in [1.165, 1.54) is 28.5 Å². The van der Waals surface area contributed by atoms with Gasteiger partial charge in [-0.05, 0) is 13.3 Å². The molecule has 15 heteroatoms. The van der Waals surface area contributed by atoms with Gasteiger partial charge in [0.2, 0.25) is 11.8 Å². The highest BCUT2D eigenvalue weighted by Gasteiger charge is 2.60. The van der Waals surface area contributed by atoms with Gasteiger partial charge in [0.05, 0.1) is 29.5 Å². The van der Waals surface area contributed by atoms with Crippen LogP contribution >= 0.6 is 11.8 Å². The van der Waals surface area contributed by atoms with Gasteiger partial charge in [0, 0.05) is 41.7 Å². The minimum Gasteiger partial charge on any atom is -0.477 e. The number of alkyl halides is 2. The number of halogens is 2. The summed E-state index contributed by atoms with van der Waals surface area (Å²) in [5.74, 6) is -4.88. The highest BCUT2D eigenvalue weighted by atomic mass is 32.2. The van der Waals surface area contributed by atoms with Gasteiger partial charge in [-0.1, -0.05) is 6.92 Å². The number of hydrogen-bond acceptors (Lipinski definition) is 8. The zero-order valence-corrected chi connectivity index (χ0v) is 21.3. The van der Waals surface area contributed by atoms with Crippen LogP contribution in [0.1, 0.15) is 20.3 Å². The second-order valence-corrected chi connectivity index (χ2v) is 13.2. The van der Waals surface area contributed by atoms with Crippen LogP contribution in [-0.4, -0.2) is 108 Å². The number of rotatable bonds is 7. The molecule has 0 aromatic heterocycles. The summed E-state index contributed by atoms with van der Waals surface area (Å²) in [6.45, 7) is 3.91. The molecule has 4 aliphatic heterocycles. The normalized spacial score (nSPS) is 32.4. The zero-order valence-electron chi connectivity index (χ0n) is 19.6. The quantitative estimate of drug-likeness (QED) is 0.348. The summed E-state index contributed by atoms with van der Waals surface area (Å²) in [4.78, 5) is 52.3. The van der Waals surface area contributed by atoms with Crippen molar-refractivity contribution in [2.75, 3.05) is 31.1 Å². The smallest absolute Gasteiger partial charge is 0.353 e. The van der Waals surface area contributed by atoms with Crippen molar-refractivity contribution in [1.82, 2.24) is 20.4 Å². The molecule has 0 saturated carbocycles. The lowest BCUT2D eigenvalue weighted by atomic mass is 9.78. The molecule has 0 aromatic rings. The molecule has 11 nitrogen and oxygen atoms in total. The fourth-order valence-corrected chi connectivity index (χ4v) is 8.07. The van der Waals surface area contributed by atoms with E-state index in [0.717, 1.165) is 0 Å². The van der Waals surface area contributed by atoms with Crippen molar-refractivity contribution >= 4 is 45.3 Å². The first kappa shape index (κ1) is 26.8. The zero-order chi connectivity index (χ0) is 26.5. The number of hydrogen-bond donors (Lipinski definition) is 3. The first-order chi connectivity index (χ1) is 16.8. The molecular formula is C21H28F2N4O7S2. The van der Waals surface area contributed by atoms with Crippen molar-refractivity contribution < 1.29 is 41.5 Å². The molecule has 3 fully saturated rings. The summed E-state index contributed by atoms with van der Waals surface area (Å²) in [7, 11) is -3.12. The molecule has 0 radical (unpaired) electrons. The maximum atomic E-state index is 12.9. The van der Waals surface area contributed by atoms with Gasteiger partial charge in [-0.25, -0.2) is 13.2 Å². The van der Waals surface area contributed by atoms with Crippen LogP contribution in [0.25, 0.3) is 0 Å². The Hall–Kier alpha value is -2.26. The fourth-order valence-electron chi connectivity index (χ4n) is 5.39. The van der Waals surface area contributed by atoms with Crippen LogP contribution < -0.4 is 10.6 Å². The van der Waals surface area contributed by atoms with E-state index in [9.17, 15) is 41.5 Å². The number of fused-ring (bicyclic) bond motifs is 1. The monoisotopic (exact) mass is 550 g/mol. The van der Waals surface area contributed by atoms with Gasteiger partial charge < -0.3 is 25.5 Å². The first-order valence-electron chi connectivity index (χ1n) is 11.6. The van der Waals surface area contributed by atoms with Gasteiger partial charge in [-0.2, -0.15) is 8.78 Å². The molecule has 3 saturated heterocycles. The van der Waals surface area contributed by atoms with E-state index in [1.807, 2.05) is 0 Å². The van der Waals surface area contributed by atoms with Gasteiger partial charge in [0.25, 0.3) is 5.91 Å². The molecule has 4 heterocycles. The van der Waals surface area contributed by atoms with Crippen molar-refractivity contribution in [1.29, 1.82) is 0 Å². The van der Waals surface area contributed by atoms with E-state index in [1.54, 1.807) is 6.92 Å². The van der Waals surface area contributed by atoms with Crippen LogP contribution in [0, 0.1) is 11.8 Å². The Morgan fingerprint density at radius 2 is 1.86 bits per heavy atom. The average molecular weight is 551 g/mol. The summed E-state index contributed by atoms with van der Waals surface area (Å²) in [5.41, 5.74) is -0.151. The number of sulfone groups is 1. The number of nitrogens with one attached hydrogen (secondary N) is 2. The molecule has 4 rings (SSSR count). The van der Waals surface area contributed by atoms with Crippen LogP contribution in [-0.2, 0) is 29.0 Å². The standard InChI is InChI=1S/C21H28F2N4O7S2/c1-9-14-13(10(2)25-18(28)17(22)23)20(30)27(14)15(21(31)32)16(9)35-11-7-12(24-8-11)19(29)26-3-5-36(33,34)6-4-26/h9-14,17,24H,3-8H2,1-2H3,(H,25,28)(H,31,32)/t9-,10-,11+,12+,13-,14-/m1/s1. The predicted octanol–water partition coefficient (Wildman–Crippen LogP) is -0.750. The number of amides is 3. The third-order valence-corrected chi connectivity index (χ3v) is 10.4. The molecule has 0 aromatic carbocycles. The average Bonchev–Trinajstić information content (AvgIpc) is 3.35. The molecular weight excluding hydrogens is 522 g/mol. The van der Waals surface area contributed by atoms with Gasteiger partial charge in [-0.15, -0.1) is 11.8 Å². The first-order valence-corrected chi connectivity index (χ1v) is 14.3. The van der Waals surface area contributed by atoms with Gasteiger partial charge in [0.15, 0.2) is 9.84 Å². The second kappa shape index (κ2) is 9.89. The van der Waals surface area contributed by atoms with E-state index >= 15 is 0 Å². The third kappa shape index (κ3) is 4.84. The Morgan fingerprint density at radius 1 is 1.22 bits per heavy atom. The Kier molecular flexibility index (Phi) is 7.36. The molecule has 36 heavy (non-hydrogen) atoms. The molecule has 0 aliphatic carbocycles. The number of carbonyl (C=O) groups excluding carboxylic acids is 3.